The highest BCUT2D eigenvalue weighted by atomic mass is 16.5. The maximum Gasteiger partial charge on any atom is 0.306 e. The third kappa shape index (κ3) is 20.2. The Hall–Kier alpha value is -1.36. The standard InChI is InChI=1S/C52H93NO4/c1-5-7-9-11-13-29-49(30-14-12-10-8-6-2)56-51(54)31-19-22-42(24-21-37-53(3)4)23-20-32-52(55)57-50(35-33-43-38-45-25-15-16-26-46(45)39-43)36-34-44-40-47-27-17-18-28-48(47)41-44/h23,43-50H,5-22,24-41H2,1-4H3/b42-23-. The highest BCUT2D eigenvalue weighted by molar-refractivity contribution is 5.70. The van der Waals surface area contributed by atoms with Crippen molar-refractivity contribution in [1.29, 1.82) is 0 Å². The van der Waals surface area contributed by atoms with E-state index in [0.29, 0.717) is 12.8 Å². The monoisotopic (exact) mass is 796 g/mol. The number of nitrogens with zero attached hydrogens (tertiary/aromatic N) is 1. The molecule has 5 heteroatoms. The van der Waals surface area contributed by atoms with Gasteiger partial charge in [-0.25, -0.2) is 0 Å². The molecule has 0 amide bonds. The number of rotatable bonds is 31. The van der Waals surface area contributed by atoms with Gasteiger partial charge in [0.2, 0.25) is 0 Å². The van der Waals surface area contributed by atoms with Crippen LogP contribution in [0.5, 0.6) is 0 Å². The van der Waals surface area contributed by atoms with Crippen LogP contribution >= 0.6 is 0 Å². The van der Waals surface area contributed by atoms with Crippen LogP contribution in [0.3, 0.4) is 0 Å². The van der Waals surface area contributed by atoms with Crippen LogP contribution in [0.25, 0.3) is 0 Å². The van der Waals surface area contributed by atoms with Crippen LogP contribution in [0.1, 0.15) is 239 Å². The van der Waals surface area contributed by atoms with Gasteiger partial charge in [-0.2, -0.15) is 0 Å². The quantitative estimate of drug-likeness (QED) is 0.0397. The first kappa shape index (κ1) is 48.3. The summed E-state index contributed by atoms with van der Waals surface area (Å²) < 4.78 is 12.5. The lowest BCUT2D eigenvalue weighted by Gasteiger charge is -2.24. The van der Waals surface area contributed by atoms with Gasteiger partial charge >= 0.3 is 11.9 Å². The van der Waals surface area contributed by atoms with Crippen molar-refractivity contribution in [2.75, 3.05) is 20.6 Å². The average Bonchev–Trinajstić information content (AvgIpc) is 3.82. The maximum absolute atomic E-state index is 13.5. The fourth-order valence-electron chi connectivity index (χ4n) is 11.8. The SMILES string of the molecule is CCCCCCCC(CCCCCCC)OC(=O)CCC/C(=C/CCC(=O)OC(CCC1CC2CCCCC2C1)CCC1CC2CCCCC2C1)CCCN(C)C. The summed E-state index contributed by atoms with van der Waals surface area (Å²) in [6.45, 7) is 5.57. The number of ether oxygens (including phenoxy) is 2. The highest BCUT2D eigenvalue weighted by Gasteiger charge is 2.37. The summed E-state index contributed by atoms with van der Waals surface area (Å²) in [5, 5.41) is 0. The molecule has 0 aromatic heterocycles. The van der Waals surface area contributed by atoms with Crippen molar-refractivity contribution in [3.05, 3.63) is 11.6 Å². The minimum absolute atomic E-state index is 0.00285. The molecule has 4 rings (SSSR count). The number of hydrogen-bond donors (Lipinski definition) is 0. The van der Waals surface area contributed by atoms with Gasteiger partial charge in [-0.15, -0.1) is 0 Å². The minimum Gasteiger partial charge on any atom is -0.462 e. The Balaban J connectivity index is 1.24. The van der Waals surface area contributed by atoms with Gasteiger partial charge in [-0.05, 0) is 165 Å². The molecule has 4 saturated carbocycles. The molecule has 0 bridgehead atoms. The van der Waals surface area contributed by atoms with Gasteiger partial charge in [0.25, 0.3) is 0 Å². The topological polar surface area (TPSA) is 55.8 Å². The summed E-state index contributed by atoms with van der Waals surface area (Å²) in [7, 11) is 4.27. The van der Waals surface area contributed by atoms with Crippen molar-refractivity contribution >= 4 is 11.9 Å². The molecule has 0 aromatic carbocycles. The van der Waals surface area contributed by atoms with Gasteiger partial charge in [-0.1, -0.05) is 128 Å². The number of allylic oxidation sites excluding steroid dienone is 2. The first-order chi connectivity index (χ1) is 27.8. The van der Waals surface area contributed by atoms with Gasteiger partial charge in [0, 0.05) is 12.8 Å². The van der Waals surface area contributed by atoms with Gasteiger partial charge < -0.3 is 14.4 Å². The third-order valence-corrected chi connectivity index (χ3v) is 15.1. The smallest absolute Gasteiger partial charge is 0.306 e. The second kappa shape index (κ2) is 29.0. The van der Waals surface area contributed by atoms with Gasteiger partial charge in [-0.3, -0.25) is 9.59 Å². The molecule has 0 aromatic rings. The van der Waals surface area contributed by atoms with Crippen LogP contribution < -0.4 is 0 Å². The zero-order valence-corrected chi connectivity index (χ0v) is 38.2. The Morgan fingerprint density at radius 2 is 0.982 bits per heavy atom. The summed E-state index contributed by atoms with van der Waals surface area (Å²) >= 11 is 0. The Morgan fingerprint density at radius 1 is 0.544 bits per heavy atom. The number of unbranched alkanes of at least 4 members (excludes halogenated alkanes) is 8. The lowest BCUT2D eigenvalue weighted by Crippen LogP contribution is -2.20. The van der Waals surface area contributed by atoms with Crippen molar-refractivity contribution in [2.24, 2.45) is 35.5 Å². The van der Waals surface area contributed by atoms with Crippen LogP contribution in [0.15, 0.2) is 11.6 Å². The van der Waals surface area contributed by atoms with Crippen LogP contribution in [0.2, 0.25) is 0 Å². The molecule has 0 aliphatic heterocycles. The van der Waals surface area contributed by atoms with E-state index < -0.39 is 0 Å². The molecule has 4 aliphatic rings. The van der Waals surface area contributed by atoms with E-state index in [2.05, 4.69) is 38.9 Å². The van der Waals surface area contributed by atoms with Gasteiger partial charge in [0.1, 0.15) is 12.2 Å². The Bertz CT molecular complexity index is 1020. The van der Waals surface area contributed by atoms with E-state index in [1.54, 1.807) is 0 Å². The molecule has 4 unspecified atom stereocenters. The summed E-state index contributed by atoms with van der Waals surface area (Å²) in [4.78, 5) is 28.8. The largest absolute Gasteiger partial charge is 0.462 e. The summed E-state index contributed by atoms with van der Waals surface area (Å²) in [5.74, 6) is 5.57. The lowest BCUT2D eigenvalue weighted by molar-refractivity contribution is -0.151. The lowest BCUT2D eigenvalue weighted by atomic mass is 9.82. The summed E-state index contributed by atoms with van der Waals surface area (Å²) in [6.07, 6.45) is 44.5. The molecule has 4 aliphatic carbocycles. The van der Waals surface area contributed by atoms with Crippen molar-refractivity contribution in [3.63, 3.8) is 0 Å². The number of carbonyl (C=O) groups is 2. The predicted octanol–water partition coefficient (Wildman–Crippen LogP) is 14.7. The molecule has 330 valence electrons. The molecule has 4 fully saturated rings. The molecule has 0 spiro atoms. The van der Waals surface area contributed by atoms with E-state index in [4.69, 9.17) is 9.47 Å². The van der Waals surface area contributed by atoms with Crippen molar-refractivity contribution in [1.82, 2.24) is 4.90 Å². The molecule has 4 atom stereocenters. The van der Waals surface area contributed by atoms with Crippen molar-refractivity contribution in [2.45, 2.75) is 251 Å². The summed E-state index contributed by atoms with van der Waals surface area (Å²) in [5.41, 5.74) is 1.39. The Labute approximate surface area is 353 Å². The van der Waals surface area contributed by atoms with E-state index in [0.717, 1.165) is 113 Å². The van der Waals surface area contributed by atoms with Crippen LogP contribution in [0.4, 0.5) is 0 Å². The fourth-order valence-corrected chi connectivity index (χ4v) is 11.8. The molecule has 0 N–H and O–H groups in total. The second-order valence-corrected chi connectivity index (χ2v) is 20.2. The van der Waals surface area contributed by atoms with E-state index >= 15 is 0 Å². The third-order valence-electron chi connectivity index (χ3n) is 15.1. The van der Waals surface area contributed by atoms with Crippen LogP contribution in [-0.4, -0.2) is 49.7 Å². The average molecular weight is 796 g/mol. The van der Waals surface area contributed by atoms with Gasteiger partial charge in [0.15, 0.2) is 0 Å². The Kier molecular flexibility index (Phi) is 24.6. The first-order valence-corrected chi connectivity index (χ1v) is 25.5. The van der Waals surface area contributed by atoms with Crippen LogP contribution in [0, 0.1) is 35.5 Å². The maximum atomic E-state index is 13.5. The fraction of sp³-hybridized carbons (Fsp3) is 0.923. The van der Waals surface area contributed by atoms with E-state index in [9.17, 15) is 9.59 Å². The van der Waals surface area contributed by atoms with Crippen molar-refractivity contribution in [3.8, 4) is 0 Å². The number of fused-ring (bicyclic) bond motifs is 2. The number of carbonyl (C=O) groups excluding carboxylic acids is 2. The van der Waals surface area contributed by atoms with Gasteiger partial charge in [0.05, 0.1) is 0 Å². The predicted molar refractivity (Wildman–Crippen MR) is 240 cm³/mol. The number of esters is 2. The van der Waals surface area contributed by atoms with E-state index in [1.807, 2.05) is 0 Å². The molecular formula is C52H93NO4. The normalized spacial score (nSPS) is 25.5. The van der Waals surface area contributed by atoms with Crippen LogP contribution in [-0.2, 0) is 19.1 Å². The molecule has 57 heavy (non-hydrogen) atoms. The molecule has 0 saturated heterocycles. The molecular weight excluding hydrogens is 703 g/mol. The molecule has 0 heterocycles. The van der Waals surface area contributed by atoms with E-state index in [-0.39, 0.29) is 24.1 Å². The first-order valence-electron chi connectivity index (χ1n) is 25.5. The summed E-state index contributed by atoms with van der Waals surface area (Å²) in [6, 6.07) is 0. The zero-order chi connectivity index (χ0) is 40.5. The van der Waals surface area contributed by atoms with Crippen molar-refractivity contribution < 1.29 is 19.1 Å². The molecule has 0 radical (unpaired) electrons. The number of hydrogen-bond acceptors (Lipinski definition) is 5. The second-order valence-electron chi connectivity index (χ2n) is 20.2. The zero-order valence-electron chi connectivity index (χ0n) is 38.2. The molecule has 5 nitrogen and oxygen atoms in total. The highest BCUT2D eigenvalue weighted by Crippen LogP contribution is 2.48. The minimum atomic E-state index is -0.0166. The Morgan fingerprint density at radius 3 is 1.46 bits per heavy atom. The van der Waals surface area contributed by atoms with E-state index in [1.165, 1.54) is 147 Å².